The Labute approximate surface area is 232 Å². The quantitative estimate of drug-likeness (QED) is 0.0555. The van der Waals surface area contributed by atoms with Crippen LogP contribution in [0.4, 0.5) is 0 Å². The second kappa shape index (κ2) is 28.6. The fourth-order valence-corrected chi connectivity index (χ4v) is 5.39. The molecule has 37 heavy (non-hydrogen) atoms. The van der Waals surface area contributed by atoms with Crippen LogP contribution in [0.3, 0.4) is 0 Å². The Hall–Kier alpha value is -0.390. The number of allylic oxidation sites excluding steroid dienone is 1. The van der Waals surface area contributed by atoms with Crippen molar-refractivity contribution in [2.45, 2.75) is 181 Å². The smallest absolute Gasteiger partial charge is 0.264 e. The van der Waals surface area contributed by atoms with E-state index in [0.717, 1.165) is 19.3 Å². The van der Waals surface area contributed by atoms with Gasteiger partial charge in [-0.3, -0.25) is 4.55 Å². The molecule has 0 aliphatic carbocycles. The SMILES string of the molecule is CCCCCCCCCCCCCCCCCC/C=C/C(CCCCCCCCCC)COS(=O)(=O)O. The average molecular weight is 545 g/mol. The molecule has 1 atom stereocenters. The highest BCUT2D eigenvalue weighted by Crippen LogP contribution is 2.17. The molecule has 0 rings (SSSR count). The summed E-state index contributed by atoms with van der Waals surface area (Å²) in [6.07, 6.45) is 38.4. The van der Waals surface area contributed by atoms with Crippen molar-refractivity contribution in [1.82, 2.24) is 0 Å². The minimum Gasteiger partial charge on any atom is -0.264 e. The van der Waals surface area contributed by atoms with Crippen LogP contribution in [0.5, 0.6) is 0 Å². The van der Waals surface area contributed by atoms with E-state index < -0.39 is 10.4 Å². The van der Waals surface area contributed by atoms with Crippen LogP contribution >= 0.6 is 0 Å². The highest BCUT2D eigenvalue weighted by molar-refractivity contribution is 7.80. The summed E-state index contributed by atoms with van der Waals surface area (Å²) < 4.78 is 35.6. The van der Waals surface area contributed by atoms with Crippen LogP contribution < -0.4 is 0 Å². The Bertz CT molecular complexity index is 573. The molecule has 5 heteroatoms. The van der Waals surface area contributed by atoms with Gasteiger partial charge in [0.25, 0.3) is 0 Å². The third kappa shape index (κ3) is 31.7. The molecule has 0 amide bonds. The van der Waals surface area contributed by atoms with E-state index >= 15 is 0 Å². The molecule has 0 aliphatic rings. The maximum Gasteiger partial charge on any atom is 0.397 e. The van der Waals surface area contributed by atoms with Gasteiger partial charge in [0.1, 0.15) is 0 Å². The van der Waals surface area contributed by atoms with Gasteiger partial charge in [0, 0.05) is 5.92 Å². The van der Waals surface area contributed by atoms with Crippen molar-refractivity contribution >= 4 is 10.4 Å². The summed E-state index contributed by atoms with van der Waals surface area (Å²) in [7, 11) is -4.36. The standard InChI is InChI=1S/C32H64O4S/c1-3-5-7-9-11-13-14-15-16-17-18-19-20-21-22-24-26-28-30-32(31-36-37(33,34)35)29-27-25-23-12-10-8-6-4-2/h28,30,32H,3-27,29,31H2,1-2H3,(H,33,34,35)/b30-28+. The summed E-state index contributed by atoms with van der Waals surface area (Å²) in [6, 6.07) is 0. The number of hydrogen-bond donors (Lipinski definition) is 1. The Kier molecular flexibility index (Phi) is 28.3. The van der Waals surface area contributed by atoms with E-state index in [2.05, 4.69) is 30.2 Å². The Balaban J connectivity index is 3.71. The lowest BCUT2D eigenvalue weighted by atomic mass is 9.99. The van der Waals surface area contributed by atoms with Crippen LogP contribution in [0.2, 0.25) is 0 Å². The first-order valence-electron chi connectivity index (χ1n) is 16.3. The number of unbranched alkanes of at least 4 members (excludes halogenated alkanes) is 23. The summed E-state index contributed by atoms with van der Waals surface area (Å²) in [6.45, 7) is 4.57. The van der Waals surface area contributed by atoms with Crippen molar-refractivity contribution in [1.29, 1.82) is 0 Å². The van der Waals surface area contributed by atoms with Gasteiger partial charge in [-0.25, -0.2) is 4.18 Å². The van der Waals surface area contributed by atoms with E-state index in [1.165, 1.54) is 148 Å². The van der Waals surface area contributed by atoms with Crippen molar-refractivity contribution in [2.75, 3.05) is 6.61 Å². The van der Waals surface area contributed by atoms with Gasteiger partial charge >= 0.3 is 10.4 Å². The molecule has 0 bridgehead atoms. The molecule has 0 fully saturated rings. The molecule has 0 saturated heterocycles. The molecule has 0 aromatic heterocycles. The zero-order chi connectivity index (χ0) is 27.3. The van der Waals surface area contributed by atoms with Crippen molar-refractivity contribution in [3.63, 3.8) is 0 Å². The zero-order valence-corrected chi connectivity index (χ0v) is 25.7. The molecule has 222 valence electrons. The minimum atomic E-state index is -4.36. The largest absolute Gasteiger partial charge is 0.397 e. The van der Waals surface area contributed by atoms with Crippen LogP contribution in [0, 0.1) is 5.92 Å². The molecular weight excluding hydrogens is 480 g/mol. The normalized spacial score (nSPS) is 13.1. The average Bonchev–Trinajstić information content (AvgIpc) is 2.87. The Morgan fingerprint density at radius 2 is 0.919 bits per heavy atom. The van der Waals surface area contributed by atoms with Crippen LogP contribution in [-0.4, -0.2) is 19.6 Å². The van der Waals surface area contributed by atoms with E-state index in [0.29, 0.717) is 0 Å². The summed E-state index contributed by atoms with van der Waals surface area (Å²) >= 11 is 0. The van der Waals surface area contributed by atoms with Crippen molar-refractivity contribution in [3.05, 3.63) is 12.2 Å². The second-order valence-corrected chi connectivity index (χ2v) is 12.3. The summed E-state index contributed by atoms with van der Waals surface area (Å²) in [5.41, 5.74) is 0. The van der Waals surface area contributed by atoms with Gasteiger partial charge in [-0.05, 0) is 19.3 Å². The van der Waals surface area contributed by atoms with Gasteiger partial charge in [-0.2, -0.15) is 8.42 Å². The van der Waals surface area contributed by atoms with Crippen LogP contribution in [0.15, 0.2) is 12.2 Å². The van der Waals surface area contributed by atoms with Crippen LogP contribution in [0.1, 0.15) is 181 Å². The maximum atomic E-state index is 11.0. The highest BCUT2D eigenvalue weighted by Gasteiger charge is 2.11. The lowest BCUT2D eigenvalue weighted by molar-refractivity contribution is 0.234. The predicted molar refractivity (Wildman–Crippen MR) is 162 cm³/mol. The molecule has 0 aromatic carbocycles. The molecule has 0 aromatic rings. The first kappa shape index (κ1) is 36.6. The third-order valence-electron chi connectivity index (χ3n) is 7.49. The van der Waals surface area contributed by atoms with E-state index in [9.17, 15) is 8.42 Å². The molecule has 0 heterocycles. The second-order valence-electron chi connectivity index (χ2n) is 11.3. The lowest BCUT2D eigenvalue weighted by Gasteiger charge is -2.12. The summed E-state index contributed by atoms with van der Waals surface area (Å²) in [4.78, 5) is 0. The monoisotopic (exact) mass is 544 g/mol. The Morgan fingerprint density at radius 3 is 1.30 bits per heavy atom. The molecule has 0 spiro atoms. The maximum absolute atomic E-state index is 11.0. The van der Waals surface area contributed by atoms with Crippen molar-refractivity contribution < 1.29 is 17.2 Å². The minimum absolute atomic E-state index is 0.0464. The number of rotatable bonds is 30. The van der Waals surface area contributed by atoms with Gasteiger partial charge in [0.2, 0.25) is 0 Å². The predicted octanol–water partition coefficient (Wildman–Crippen LogP) is 11.2. The molecule has 0 saturated carbocycles. The summed E-state index contributed by atoms with van der Waals surface area (Å²) in [5, 5.41) is 0. The van der Waals surface area contributed by atoms with E-state index in [1.54, 1.807) is 0 Å². The van der Waals surface area contributed by atoms with Gasteiger partial charge in [-0.15, -0.1) is 0 Å². The third-order valence-corrected chi connectivity index (χ3v) is 7.93. The van der Waals surface area contributed by atoms with E-state index in [1.807, 2.05) is 0 Å². The number of hydrogen-bond acceptors (Lipinski definition) is 3. The molecule has 0 radical (unpaired) electrons. The topological polar surface area (TPSA) is 63.6 Å². The molecule has 1 unspecified atom stereocenters. The lowest BCUT2D eigenvalue weighted by Crippen LogP contribution is -2.12. The van der Waals surface area contributed by atoms with E-state index in [-0.39, 0.29) is 12.5 Å². The molecular formula is C32H64O4S. The first-order valence-corrected chi connectivity index (χ1v) is 17.6. The van der Waals surface area contributed by atoms with Gasteiger partial charge in [0.05, 0.1) is 6.61 Å². The van der Waals surface area contributed by atoms with Crippen molar-refractivity contribution in [3.8, 4) is 0 Å². The van der Waals surface area contributed by atoms with E-state index in [4.69, 9.17) is 4.55 Å². The zero-order valence-electron chi connectivity index (χ0n) is 24.9. The van der Waals surface area contributed by atoms with Gasteiger partial charge < -0.3 is 0 Å². The molecule has 0 aliphatic heterocycles. The van der Waals surface area contributed by atoms with Gasteiger partial charge in [-0.1, -0.05) is 174 Å². The fourth-order valence-electron chi connectivity index (χ4n) is 5.05. The fraction of sp³-hybridized carbons (Fsp3) is 0.938. The highest BCUT2D eigenvalue weighted by atomic mass is 32.3. The van der Waals surface area contributed by atoms with Crippen LogP contribution in [0.25, 0.3) is 0 Å². The molecule has 1 N–H and O–H groups in total. The van der Waals surface area contributed by atoms with Crippen molar-refractivity contribution in [2.24, 2.45) is 5.92 Å². The van der Waals surface area contributed by atoms with Gasteiger partial charge in [0.15, 0.2) is 0 Å². The first-order chi connectivity index (χ1) is 18.0. The molecule has 4 nitrogen and oxygen atoms in total. The summed E-state index contributed by atoms with van der Waals surface area (Å²) in [5.74, 6) is 0.0584. The van der Waals surface area contributed by atoms with Crippen LogP contribution in [-0.2, 0) is 14.6 Å². The Morgan fingerprint density at radius 1 is 0.568 bits per heavy atom.